The summed E-state index contributed by atoms with van der Waals surface area (Å²) in [6.07, 6.45) is 1.82. The van der Waals surface area contributed by atoms with Crippen molar-refractivity contribution in [2.24, 2.45) is 0 Å². The Balaban J connectivity index is 1.59. The molecule has 6 nitrogen and oxygen atoms in total. The van der Waals surface area contributed by atoms with Gasteiger partial charge >= 0.3 is 0 Å². The number of anilines is 1. The molecule has 140 valence electrons. The monoisotopic (exact) mass is 384 g/mol. The van der Waals surface area contributed by atoms with Crippen molar-refractivity contribution in [1.82, 2.24) is 4.72 Å². The second-order valence-corrected chi connectivity index (χ2v) is 8.45. The fourth-order valence-corrected chi connectivity index (χ4v) is 4.46. The third-order valence-corrected chi connectivity index (χ3v) is 6.25. The van der Waals surface area contributed by atoms with Crippen LogP contribution in [0.1, 0.15) is 29.7 Å². The zero-order chi connectivity index (χ0) is 19.0. The van der Waals surface area contributed by atoms with E-state index in [-0.39, 0.29) is 17.3 Å². The first-order chi connectivity index (χ1) is 12.9. The van der Waals surface area contributed by atoms with E-state index in [0.29, 0.717) is 30.7 Å². The van der Waals surface area contributed by atoms with Gasteiger partial charge in [-0.2, -0.15) is 0 Å². The van der Waals surface area contributed by atoms with Crippen molar-refractivity contribution in [3.63, 3.8) is 0 Å². The molecule has 0 saturated carbocycles. The third kappa shape index (κ3) is 3.48. The highest BCUT2D eigenvalue weighted by molar-refractivity contribution is 7.89. The van der Waals surface area contributed by atoms with E-state index < -0.39 is 10.0 Å². The minimum absolute atomic E-state index is 0.0372. The molecule has 1 amide bonds. The Kier molecular flexibility index (Phi) is 4.49. The van der Waals surface area contributed by atoms with Gasteiger partial charge in [0.1, 0.15) is 11.3 Å². The number of carbonyl (C=O) groups excluding carboxylic acids is 1. The lowest BCUT2D eigenvalue weighted by molar-refractivity contribution is -0.116. The highest BCUT2D eigenvalue weighted by atomic mass is 32.2. The standard InChI is InChI=1S/C20H20N2O4S/c1-13-17(16-6-2-3-7-19(16)26-13)12-21-27(24,25)15-9-10-18-14(11-15)5-4-8-20(23)22-18/h2-3,6-7,9-11,21H,4-5,8,12H2,1H3,(H,22,23). The Morgan fingerprint density at radius 2 is 1.96 bits per heavy atom. The van der Waals surface area contributed by atoms with Gasteiger partial charge in [-0.25, -0.2) is 13.1 Å². The van der Waals surface area contributed by atoms with Gasteiger partial charge in [0.25, 0.3) is 0 Å². The predicted molar refractivity (Wildman–Crippen MR) is 103 cm³/mol. The predicted octanol–water partition coefficient (Wildman–Crippen LogP) is 3.49. The van der Waals surface area contributed by atoms with Gasteiger partial charge in [-0.15, -0.1) is 0 Å². The highest BCUT2D eigenvalue weighted by Crippen LogP contribution is 2.27. The average molecular weight is 384 g/mol. The number of nitrogens with one attached hydrogen (secondary N) is 2. The number of para-hydroxylation sites is 1. The third-order valence-electron chi connectivity index (χ3n) is 4.85. The summed E-state index contributed by atoms with van der Waals surface area (Å²) in [5.41, 5.74) is 3.10. The summed E-state index contributed by atoms with van der Waals surface area (Å²) in [5, 5.41) is 3.72. The first kappa shape index (κ1) is 17.8. The van der Waals surface area contributed by atoms with Crippen LogP contribution in [0, 0.1) is 6.92 Å². The van der Waals surface area contributed by atoms with Crippen LogP contribution in [0.25, 0.3) is 11.0 Å². The van der Waals surface area contributed by atoms with Crippen LogP contribution in [0.5, 0.6) is 0 Å². The van der Waals surface area contributed by atoms with Gasteiger partial charge < -0.3 is 9.73 Å². The molecule has 2 N–H and O–H groups in total. The maximum atomic E-state index is 12.8. The molecule has 0 unspecified atom stereocenters. The SMILES string of the molecule is Cc1oc2ccccc2c1CNS(=O)(=O)c1ccc2c(c1)CCCC(=O)N2. The topological polar surface area (TPSA) is 88.4 Å². The van der Waals surface area contributed by atoms with Gasteiger partial charge in [-0.3, -0.25) is 4.79 Å². The number of hydrogen-bond acceptors (Lipinski definition) is 4. The quantitative estimate of drug-likeness (QED) is 0.721. The van der Waals surface area contributed by atoms with Crippen molar-refractivity contribution in [3.05, 3.63) is 59.4 Å². The molecule has 0 bridgehead atoms. The number of benzene rings is 2. The zero-order valence-corrected chi connectivity index (χ0v) is 15.7. The molecule has 0 spiro atoms. The Labute approximate surface area is 157 Å². The number of furan rings is 1. The summed E-state index contributed by atoms with van der Waals surface area (Å²) in [7, 11) is -3.69. The number of rotatable bonds is 4. The smallest absolute Gasteiger partial charge is 0.240 e. The van der Waals surface area contributed by atoms with Crippen molar-refractivity contribution < 1.29 is 17.6 Å². The fourth-order valence-electron chi connectivity index (χ4n) is 3.41. The molecule has 2 aromatic carbocycles. The largest absolute Gasteiger partial charge is 0.461 e. The van der Waals surface area contributed by atoms with Crippen molar-refractivity contribution in [2.75, 3.05) is 5.32 Å². The summed E-state index contributed by atoms with van der Waals surface area (Å²) >= 11 is 0. The number of hydrogen-bond donors (Lipinski definition) is 2. The lowest BCUT2D eigenvalue weighted by Crippen LogP contribution is -2.23. The Morgan fingerprint density at radius 3 is 2.81 bits per heavy atom. The highest BCUT2D eigenvalue weighted by Gasteiger charge is 2.20. The van der Waals surface area contributed by atoms with Crippen LogP contribution in [0.15, 0.2) is 51.8 Å². The molecule has 0 aliphatic carbocycles. The molecule has 27 heavy (non-hydrogen) atoms. The van der Waals surface area contributed by atoms with Crippen LogP contribution >= 0.6 is 0 Å². The lowest BCUT2D eigenvalue weighted by atomic mass is 10.1. The number of amides is 1. The molecule has 1 aliphatic heterocycles. The van der Waals surface area contributed by atoms with E-state index in [0.717, 1.165) is 22.1 Å². The first-order valence-corrected chi connectivity index (χ1v) is 10.3. The molecule has 1 aliphatic rings. The van der Waals surface area contributed by atoms with Crippen LogP contribution in [0.4, 0.5) is 5.69 Å². The molecular formula is C20H20N2O4S. The Bertz CT molecular complexity index is 1130. The molecule has 0 atom stereocenters. The van der Waals surface area contributed by atoms with E-state index in [4.69, 9.17) is 4.42 Å². The summed E-state index contributed by atoms with van der Waals surface area (Å²) in [6.45, 7) is 1.98. The zero-order valence-electron chi connectivity index (χ0n) is 14.9. The molecule has 0 fully saturated rings. The number of carbonyl (C=O) groups is 1. The molecule has 2 heterocycles. The van der Waals surface area contributed by atoms with Gasteiger partial charge in [0.15, 0.2) is 0 Å². The van der Waals surface area contributed by atoms with Gasteiger partial charge in [0.2, 0.25) is 15.9 Å². The summed E-state index contributed by atoms with van der Waals surface area (Å²) < 4.78 is 33.9. The maximum Gasteiger partial charge on any atom is 0.240 e. The fraction of sp³-hybridized carbons (Fsp3) is 0.250. The molecule has 0 saturated heterocycles. The van der Waals surface area contributed by atoms with Gasteiger partial charge in [-0.1, -0.05) is 18.2 Å². The molecular weight excluding hydrogens is 364 g/mol. The van der Waals surface area contributed by atoms with Crippen LogP contribution in [-0.4, -0.2) is 14.3 Å². The van der Waals surface area contributed by atoms with E-state index in [1.54, 1.807) is 12.1 Å². The Morgan fingerprint density at radius 1 is 1.15 bits per heavy atom. The van der Waals surface area contributed by atoms with Gasteiger partial charge in [0, 0.05) is 29.6 Å². The summed E-state index contributed by atoms with van der Waals surface area (Å²) in [4.78, 5) is 11.8. The lowest BCUT2D eigenvalue weighted by Gasteiger charge is -2.11. The molecule has 0 radical (unpaired) electrons. The number of fused-ring (bicyclic) bond motifs is 2. The van der Waals surface area contributed by atoms with Crippen molar-refractivity contribution in [3.8, 4) is 0 Å². The second-order valence-electron chi connectivity index (χ2n) is 6.68. The van der Waals surface area contributed by atoms with E-state index in [1.807, 2.05) is 31.2 Å². The van der Waals surface area contributed by atoms with Crippen molar-refractivity contribution in [1.29, 1.82) is 0 Å². The van der Waals surface area contributed by atoms with E-state index in [2.05, 4.69) is 10.0 Å². The first-order valence-electron chi connectivity index (χ1n) is 8.83. The van der Waals surface area contributed by atoms with E-state index in [9.17, 15) is 13.2 Å². The number of aryl methyl sites for hydroxylation is 2. The molecule has 4 rings (SSSR count). The molecule has 3 aromatic rings. The van der Waals surface area contributed by atoms with E-state index in [1.165, 1.54) is 6.07 Å². The van der Waals surface area contributed by atoms with Crippen molar-refractivity contribution >= 4 is 32.6 Å². The summed E-state index contributed by atoms with van der Waals surface area (Å²) in [6, 6.07) is 12.4. The van der Waals surface area contributed by atoms with Crippen LogP contribution in [0.2, 0.25) is 0 Å². The van der Waals surface area contributed by atoms with Crippen LogP contribution < -0.4 is 10.0 Å². The van der Waals surface area contributed by atoms with Crippen LogP contribution in [0.3, 0.4) is 0 Å². The minimum Gasteiger partial charge on any atom is -0.461 e. The second kappa shape index (κ2) is 6.83. The van der Waals surface area contributed by atoms with Crippen LogP contribution in [-0.2, 0) is 27.8 Å². The van der Waals surface area contributed by atoms with E-state index >= 15 is 0 Å². The minimum atomic E-state index is -3.69. The normalized spacial score (nSPS) is 14.6. The summed E-state index contributed by atoms with van der Waals surface area (Å²) in [5.74, 6) is 0.660. The average Bonchev–Trinajstić information content (AvgIpc) is 2.83. The molecule has 7 heteroatoms. The van der Waals surface area contributed by atoms with Gasteiger partial charge in [0.05, 0.1) is 4.90 Å². The maximum absolute atomic E-state index is 12.8. The van der Waals surface area contributed by atoms with Crippen molar-refractivity contribution in [2.45, 2.75) is 37.6 Å². The van der Waals surface area contributed by atoms with Gasteiger partial charge in [-0.05, 0) is 49.6 Å². The Hall–Kier alpha value is -2.64. The number of sulfonamides is 1. The molecule has 1 aromatic heterocycles.